The summed E-state index contributed by atoms with van der Waals surface area (Å²) in [4.78, 5) is 45.7. The zero-order valence-corrected chi connectivity index (χ0v) is 16.1. The van der Waals surface area contributed by atoms with E-state index in [1.807, 2.05) is 25.1 Å². The van der Waals surface area contributed by atoms with E-state index in [1.165, 1.54) is 4.70 Å². The largest absolute Gasteiger partial charge is 0.335 e. The van der Waals surface area contributed by atoms with Crippen LogP contribution in [-0.2, 0) is 9.59 Å². The molecule has 0 N–H and O–H groups in total. The third-order valence-electron chi connectivity index (χ3n) is 5.09. The highest BCUT2D eigenvalue weighted by atomic mass is 32.1. The van der Waals surface area contributed by atoms with Crippen LogP contribution in [0.4, 0.5) is 4.79 Å². The molecule has 1 aromatic carbocycles. The summed E-state index contributed by atoms with van der Waals surface area (Å²) in [6.45, 7) is 3.87. The van der Waals surface area contributed by atoms with Gasteiger partial charge in [0.15, 0.2) is 0 Å². The van der Waals surface area contributed by atoms with Crippen molar-refractivity contribution in [2.45, 2.75) is 32.1 Å². The average molecular weight is 386 g/mol. The molecule has 2 saturated heterocycles. The van der Waals surface area contributed by atoms with Crippen molar-refractivity contribution in [3.8, 4) is 0 Å². The number of para-hydroxylation sites is 1. The van der Waals surface area contributed by atoms with Gasteiger partial charge >= 0.3 is 17.8 Å². The smallest absolute Gasteiger partial charge is 0.285 e. The van der Waals surface area contributed by atoms with Gasteiger partial charge in [0.1, 0.15) is 0 Å². The molecule has 7 nitrogen and oxygen atoms in total. The third-order valence-corrected chi connectivity index (χ3v) is 6.29. The number of nitrogens with zero attached hydrogens (tertiary/aromatic N) is 4. The Morgan fingerprint density at radius 3 is 2.70 bits per heavy atom. The SMILES string of the molecule is CCCN1C(=O)C(=O)N(CN2CCC[C@H](c3nc4ccccc4s3)C2)C1=O. The number of hydrogen-bond acceptors (Lipinski definition) is 6. The zero-order chi connectivity index (χ0) is 19.0. The Hall–Kier alpha value is -2.32. The normalized spacial score (nSPS) is 21.7. The summed E-state index contributed by atoms with van der Waals surface area (Å²) in [5.41, 5.74) is 1.01. The van der Waals surface area contributed by atoms with Gasteiger partial charge in [-0.2, -0.15) is 0 Å². The van der Waals surface area contributed by atoms with Crippen molar-refractivity contribution in [3.05, 3.63) is 29.3 Å². The number of aromatic nitrogens is 1. The minimum atomic E-state index is -0.712. The lowest BCUT2D eigenvalue weighted by atomic mass is 9.99. The molecule has 0 spiro atoms. The van der Waals surface area contributed by atoms with E-state index < -0.39 is 17.8 Å². The fraction of sp³-hybridized carbons (Fsp3) is 0.474. The van der Waals surface area contributed by atoms with E-state index in [1.54, 1.807) is 11.3 Å². The first-order chi connectivity index (χ1) is 13.1. The molecular formula is C19H22N4O3S. The van der Waals surface area contributed by atoms with Crippen molar-refractivity contribution < 1.29 is 14.4 Å². The maximum Gasteiger partial charge on any atom is 0.335 e. The minimum absolute atomic E-state index is 0.172. The predicted octanol–water partition coefficient (Wildman–Crippen LogP) is 2.63. The van der Waals surface area contributed by atoms with Crippen LogP contribution >= 0.6 is 11.3 Å². The van der Waals surface area contributed by atoms with Crippen LogP contribution in [0.1, 0.15) is 37.1 Å². The molecule has 4 amide bonds. The second kappa shape index (κ2) is 7.36. The lowest BCUT2D eigenvalue weighted by Crippen LogP contribution is -2.45. The monoisotopic (exact) mass is 386 g/mol. The summed E-state index contributed by atoms with van der Waals surface area (Å²) in [6.07, 6.45) is 2.66. The second-order valence-electron chi connectivity index (χ2n) is 7.05. The summed E-state index contributed by atoms with van der Waals surface area (Å²) in [6, 6.07) is 7.61. The van der Waals surface area contributed by atoms with Crippen LogP contribution in [0.15, 0.2) is 24.3 Å². The summed E-state index contributed by atoms with van der Waals surface area (Å²) in [5.74, 6) is -1.14. The van der Waals surface area contributed by atoms with E-state index in [0.717, 1.165) is 46.3 Å². The molecule has 1 atom stereocenters. The molecule has 8 heteroatoms. The first-order valence-corrected chi connectivity index (χ1v) is 10.1. The molecule has 0 saturated carbocycles. The van der Waals surface area contributed by atoms with Crippen LogP contribution in [0.2, 0.25) is 0 Å². The van der Waals surface area contributed by atoms with Crippen LogP contribution < -0.4 is 0 Å². The summed E-state index contributed by atoms with van der Waals surface area (Å²) < 4.78 is 1.18. The van der Waals surface area contributed by atoms with Crippen molar-refractivity contribution in [1.29, 1.82) is 0 Å². The molecule has 3 heterocycles. The van der Waals surface area contributed by atoms with Gasteiger partial charge in [-0.05, 0) is 37.9 Å². The Kier molecular flexibility index (Phi) is 4.92. The van der Waals surface area contributed by atoms with Crippen LogP contribution in [0.25, 0.3) is 10.2 Å². The van der Waals surface area contributed by atoms with E-state index in [2.05, 4.69) is 11.0 Å². The number of carbonyl (C=O) groups excluding carboxylic acids is 3. The highest BCUT2D eigenvalue weighted by molar-refractivity contribution is 7.18. The Morgan fingerprint density at radius 1 is 1.15 bits per heavy atom. The molecule has 1 aromatic heterocycles. The third kappa shape index (κ3) is 3.35. The molecule has 4 rings (SSSR count). The van der Waals surface area contributed by atoms with Crippen molar-refractivity contribution in [2.24, 2.45) is 0 Å². The Bertz CT molecular complexity index is 863. The first kappa shape index (κ1) is 18.1. The molecule has 0 radical (unpaired) electrons. The van der Waals surface area contributed by atoms with Crippen LogP contribution in [0, 0.1) is 0 Å². The first-order valence-electron chi connectivity index (χ1n) is 9.33. The predicted molar refractivity (Wildman–Crippen MR) is 102 cm³/mol. The molecule has 27 heavy (non-hydrogen) atoms. The van der Waals surface area contributed by atoms with Gasteiger partial charge in [0.2, 0.25) is 0 Å². The number of urea groups is 1. The number of thiazole rings is 1. The Balaban J connectivity index is 1.46. The molecule has 2 fully saturated rings. The number of amides is 4. The van der Waals surface area contributed by atoms with Crippen molar-refractivity contribution >= 4 is 39.4 Å². The van der Waals surface area contributed by atoms with Gasteiger partial charge in [0.05, 0.1) is 21.9 Å². The number of fused-ring (bicyclic) bond motifs is 1. The van der Waals surface area contributed by atoms with Gasteiger partial charge in [0.25, 0.3) is 0 Å². The van der Waals surface area contributed by atoms with Crippen molar-refractivity contribution in [1.82, 2.24) is 19.7 Å². The lowest BCUT2D eigenvalue weighted by Gasteiger charge is -2.33. The topological polar surface area (TPSA) is 73.8 Å². The Labute approximate surface area is 161 Å². The van der Waals surface area contributed by atoms with Gasteiger partial charge in [-0.15, -0.1) is 11.3 Å². The molecule has 2 aromatic rings. The fourth-order valence-electron chi connectivity index (χ4n) is 3.75. The molecule has 0 aliphatic carbocycles. The summed E-state index contributed by atoms with van der Waals surface area (Å²) >= 11 is 1.71. The molecule has 2 aliphatic rings. The second-order valence-corrected chi connectivity index (χ2v) is 8.11. The molecule has 0 unspecified atom stereocenters. The maximum atomic E-state index is 12.4. The number of piperidine rings is 1. The number of likely N-dealkylation sites (tertiary alicyclic amines) is 1. The number of hydrogen-bond donors (Lipinski definition) is 0. The molecular weight excluding hydrogens is 364 g/mol. The van der Waals surface area contributed by atoms with Gasteiger partial charge in [-0.25, -0.2) is 14.7 Å². The average Bonchev–Trinajstić information content (AvgIpc) is 3.20. The zero-order valence-electron chi connectivity index (χ0n) is 15.3. The minimum Gasteiger partial charge on any atom is -0.285 e. The van der Waals surface area contributed by atoms with Crippen LogP contribution in [0.5, 0.6) is 0 Å². The van der Waals surface area contributed by atoms with E-state index in [0.29, 0.717) is 6.42 Å². The van der Waals surface area contributed by atoms with Gasteiger partial charge in [0, 0.05) is 19.0 Å². The molecule has 2 aliphatic heterocycles. The van der Waals surface area contributed by atoms with E-state index in [9.17, 15) is 14.4 Å². The van der Waals surface area contributed by atoms with Crippen LogP contribution in [-0.4, -0.2) is 63.8 Å². The van der Waals surface area contributed by atoms with Crippen molar-refractivity contribution in [3.63, 3.8) is 0 Å². The fourth-order valence-corrected chi connectivity index (χ4v) is 4.84. The summed E-state index contributed by atoms with van der Waals surface area (Å²) in [7, 11) is 0. The standard InChI is InChI=1S/C19H22N4O3S/c1-2-9-22-17(24)18(25)23(19(22)26)12-21-10-5-6-13(11-21)16-20-14-7-3-4-8-15(14)27-16/h3-4,7-8,13H,2,5-6,9-12H2,1H3/t13-/m0/s1. The van der Waals surface area contributed by atoms with Gasteiger partial charge in [-0.3, -0.25) is 19.4 Å². The van der Waals surface area contributed by atoms with E-state index in [4.69, 9.17) is 4.98 Å². The quantitative estimate of drug-likeness (QED) is 0.583. The summed E-state index contributed by atoms with van der Waals surface area (Å²) in [5, 5.41) is 1.10. The lowest BCUT2D eigenvalue weighted by molar-refractivity contribution is -0.144. The van der Waals surface area contributed by atoms with Crippen molar-refractivity contribution in [2.75, 3.05) is 26.3 Å². The number of carbonyl (C=O) groups is 3. The number of rotatable bonds is 5. The highest BCUT2D eigenvalue weighted by Crippen LogP contribution is 2.33. The van der Waals surface area contributed by atoms with Crippen LogP contribution in [0.3, 0.4) is 0 Å². The van der Waals surface area contributed by atoms with E-state index in [-0.39, 0.29) is 19.1 Å². The van der Waals surface area contributed by atoms with Gasteiger partial charge < -0.3 is 0 Å². The number of benzene rings is 1. The molecule has 0 bridgehead atoms. The van der Waals surface area contributed by atoms with Gasteiger partial charge in [-0.1, -0.05) is 19.1 Å². The Morgan fingerprint density at radius 2 is 1.93 bits per heavy atom. The highest BCUT2D eigenvalue weighted by Gasteiger charge is 2.44. The van der Waals surface area contributed by atoms with E-state index >= 15 is 0 Å². The molecule has 142 valence electrons. The number of imide groups is 2. The maximum absolute atomic E-state index is 12.4.